The number of likely N-dealkylation sites (tertiary alicyclic amines) is 1. The number of phenols is 1. The van der Waals surface area contributed by atoms with E-state index in [1.807, 2.05) is 0 Å². The summed E-state index contributed by atoms with van der Waals surface area (Å²) >= 11 is 5.84. The van der Waals surface area contributed by atoms with Crippen molar-refractivity contribution in [1.82, 2.24) is 14.9 Å². The van der Waals surface area contributed by atoms with Crippen LogP contribution in [0.5, 0.6) is 5.75 Å². The van der Waals surface area contributed by atoms with Crippen LogP contribution in [-0.4, -0.2) is 45.0 Å². The minimum Gasteiger partial charge on any atom is -0.506 e. The van der Waals surface area contributed by atoms with Crippen LogP contribution in [0.1, 0.15) is 0 Å². The molecule has 3 aromatic rings. The van der Waals surface area contributed by atoms with Crippen LogP contribution in [0.3, 0.4) is 0 Å². The van der Waals surface area contributed by atoms with Crippen LogP contribution < -0.4 is 10.6 Å². The lowest BCUT2D eigenvalue weighted by molar-refractivity contribution is -0.129. The molecule has 148 valence electrons. The molecule has 1 saturated heterocycles. The van der Waals surface area contributed by atoms with E-state index < -0.39 is 5.82 Å². The van der Waals surface area contributed by atoms with Gasteiger partial charge in [0.2, 0.25) is 5.91 Å². The molecule has 2 aromatic carbocycles. The van der Waals surface area contributed by atoms with Crippen LogP contribution in [0.15, 0.2) is 49.3 Å². The number of aromatic nitrogens is 2. The second-order valence-electron chi connectivity index (χ2n) is 6.65. The van der Waals surface area contributed by atoms with Gasteiger partial charge in [-0.25, -0.2) is 14.4 Å². The molecule has 4 rings (SSSR count). The third-order valence-corrected chi connectivity index (χ3v) is 4.95. The molecule has 9 heteroatoms. The maximum Gasteiger partial charge on any atom is 0.246 e. The van der Waals surface area contributed by atoms with E-state index in [0.29, 0.717) is 41.2 Å². The zero-order valence-corrected chi connectivity index (χ0v) is 15.9. The number of benzene rings is 2. The summed E-state index contributed by atoms with van der Waals surface area (Å²) in [5.74, 6) is -0.104. The molecular formula is C20H17ClFN5O2. The van der Waals surface area contributed by atoms with Crippen LogP contribution in [0, 0.1) is 5.82 Å². The van der Waals surface area contributed by atoms with Crippen molar-refractivity contribution in [2.45, 2.75) is 6.04 Å². The Balaban J connectivity index is 1.60. The van der Waals surface area contributed by atoms with Gasteiger partial charge in [0.25, 0.3) is 0 Å². The molecule has 0 saturated carbocycles. The van der Waals surface area contributed by atoms with E-state index in [2.05, 4.69) is 27.2 Å². The normalized spacial score (nSPS) is 13.8. The van der Waals surface area contributed by atoms with Crippen molar-refractivity contribution in [2.75, 3.05) is 23.7 Å². The first-order chi connectivity index (χ1) is 13.9. The Kier molecular flexibility index (Phi) is 4.94. The maximum absolute atomic E-state index is 13.4. The summed E-state index contributed by atoms with van der Waals surface area (Å²) < 4.78 is 13.4. The molecule has 3 N–H and O–H groups in total. The lowest BCUT2D eigenvalue weighted by atomic mass is 10.1. The zero-order chi connectivity index (χ0) is 20.5. The van der Waals surface area contributed by atoms with Crippen molar-refractivity contribution < 1.29 is 14.3 Å². The van der Waals surface area contributed by atoms with E-state index in [1.54, 1.807) is 17.0 Å². The second-order valence-corrected chi connectivity index (χ2v) is 7.06. The quantitative estimate of drug-likeness (QED) is 0.436. The Morgan fingerprint density at radius 1 is 1.31 bits per heavy atom. The van der Waals surface area contributed by atoms with Gasteiger partial charge in [0, 0.05) is 30.2 Å². The highest BCUT2D eigenvalue weighted by atomic mass is 35.5. The first kappa shape index (κ1) is 18.9. The van der Waals surface area contributed by atoms with Crippen LogP contribution in [0.25, 0.3) is 10.9 Å². The smallest absolute Gasteiger partial charge is 0.246 e. The lowest BCUT2D eigenvalue weighted by Crippen LogP contribution is -2.56. The fourth-order valence-corrected chi connectivity index (χ4v) is 3.30. The van der Waals surface area contributed by atoms with Gasteiger partial charge in [-0.2, -0.15) is 0 Å². The van der Waals surface area contributed by atoms with Crippen molar-refractivity contribution in [3.05, 3.63) is 60.2 Å². The van der Waals surface area contributed by atoms with Gasteiger partial charge >= 0.3 is 0 Å². The Morgan fingerprint density at radius 2 is 2.10 bits per heavy atom. The van der Waals surface area contributed by atoms with Crippen molar-refractivity contribution in [2.24, 2.45) is 0 Å². The Bertz CT molecular complexity index is 1120. The molecule has 1 aliphatic rings. The third kappa shape index (κ3) is 3.79. The van der Waals surface area contributed by atoms with Crippen molar-refractivity contribution in [1.29, 1.82) is 0 Å². The number of rotatable bonds is 5. The number of hydrogen-bond donors (Lipinski definition) is 3. The van der Waals surface area contributed by atoms with Gasteiger partial charge in [0.15, 0.2) is 0 Å². The van der Waals surface area contributed by atoms with Gasteiger partial charge < -0.3 is 20.6 Å². The number of nitrogens with one attached hydrogen (secondary N) is 2. The van der Waals surface area contributed by atoms with Crippen LogP contribution in [0.2, 0.25) is 5.02 Å². The molecule has 1 aliphatic heterocycles. The van der Waals surface area contributed by atoms with Gasteiger partial charge in [-0.3, -0.25) is 4.79 Å². The molecule has 0 radical (unpaired) electrons. The highest BCUT2D eigenvalue weighted by Crippen LogP contribution is 2.34. The molecule has 29 heavy (non-hydrogen) atoms. The van der Waals surface area contributed by atoms with E-state index >= 15 is 0 Å². The number of carbonyl (C=O) groups excluding carboxylic acids is 1. The number of aromatic hydroxyl groups is 1. The monoisotopic (exact) mass is 413 g/mol. The van der Waals surface area contributed by atoms with Crippen LogP contribution in [-0.2, 0) is 4.79 Å². The standard InChI is InChI=1S/C20H17ClFN5O2/c1-2-19(29)27-8-12(9-27)25-17-6-13-16(7-18(17)28)23-10-24-20(13)26-11-3-4-15(22)14(21)5-11/h2-7,10,12,25,28H,1,8-9H2,(H,23,24,26). The van der Waals surface area contributed by atoms with Gasteiger partial charge in [-0.05, 0) is 30.3 Å². The summed E-state index contributed by atoms with van der Waals surface area (Å²) in [6.07, 6.45) is 2.65. The SMILES string of the molecule is C=CC(=O)N1CC(Nc2cc3c(Nc4ccc(F)c(Cl)c4)ncnc3cc2O)C1. The summed E-state index contributed by atoms with van der Waals surface area (Å²) in [7, 11) is 0. The second kappa shape index (κ2) is 7.56. The number of hydrogen-bond acceptors (Lipinski definition) is 6. The summed E-state index contributed by atoms with van der Waals surface area (Å²) in [4.78, 5) is 21.7. The summed E-state index contributed by atoms with van der Waals surface area (Å²) in [6.45, 7) is 4.51. The molecule has 1 fully saturated rings. The van der Waals surface area contributed by atoms with Crippen molar-refractivity contribution >= 4 is 45.6 Å². The maximum atomic E-state index is 13.4. The number of nitrogens with zero attached hydrogens (tertiary/aromatic N) is 3. The van der Waals surface area contributed by atoms with Gasteiger partial charge in [-0.1, -0.05) is 18.2 Å². The van der Waals surface area contributed by atoms with E-state index in [-0.39, 0.29) is 22.7 Å². The number of halogens is 2. The zero-order valence-electron chi connectivity index (χ0n) is 15.2. The molecule has 0 spiro atoms. The molecule has 0 aliphatic carbocycles. The van der Waals surface area contributed by atoms with Crippen LogP contribution in [0.4, 0.5) is 21.6 Å². The Morgan fingerprint density at radius 3 is 2.83 bits per heavy atom. The Labute approximate surface area is 170 Å². The Hall–Kier alpha value is -3.39. The van der Waals surface area contributed by atoms with Gasteiger partial charge in [0.05, 0.1) is 22.3 Å². The van der Waals surface area contributed by atoms with Crippen molar-refractivity contribution in [3.63, 3.8) is 0 Å². The molecule has 0 bridgehead atoms. The molecule has 0 atom stereocenters. The first-order valence-corrected chi connectivity index (χ1v) is 9.20. The van der Waals surface area contributed by atoms with Gasteiger partial charge in [-0.15, -0.1) is 0 Å². The van der Waals surface area contributed by atoms with E-state index in [1.165, 1.54) is 30.6 Å². The van der Waals surface area contributed by atoms with Crippen LogP contribution >= 0.6 is 11.6 Å². The average Bonchev–Trinajstić information content (AvgIpc) is 2.67. The number of amides is 1. The highest BCUT2D eigenvalue weighted by Gasteiger charge is 2.29. The fraction of sp³-hybridized carbons (Fsp3) is 0.150. The predicted octanol–water partition coefficient (Wildman–Crippen LogP) is 3.68. The third-order valence-electron chi connectivity index (χ3n) is 4.66. The number of carbonyl (C=O) groups is 1. The molecule has 1 aromatic heterocycles. The highest BCUT2D eigenvalue weighted by molar-refractivity contribution is 6.31. The summed E-state index contributed by atoms with van der Waals surface area (Å²) in [5, 5.41) is 17.3. The van der Waals surface area contributed by atoms with Gasteiger partial charge in [0.1, 0.15) is 23.7 Å². The number of phenolic OH excluding ortho intramolecular Hbond substituents is 1. The minimum atomic E-state index is -0.509. The molecule has 7 nitrogen and oxygen atoms in total. The van der Waals surface area contributed by atoms with E-state index in [0.717, 1.165) is 0 Å². The first-order valence-electron chi connectivity index (χ1n) is 8.82. The molecular weight excluding hydrogens is 397 g/mol. The topological polar surface area (TPSA) is 90.4 Å². The number of fused-ring (bicyclic) bond motifs is 1. The molecule has 2 heterocycles. The van der Waals surface area contributed by atoms with E-state index in [4.69, 9.17) is 11.6 Å². The summed E-state index contributed by atoms with van der Waals surface area (Å²) in [6, 6.07) is 7.56. The largest absolute Gasteiger partial charge is 0.506 e. The minimum absolute atomic E-state index is 0.00280. The average molecular weight is 414 g/mol. The number of anilines is 3. The molecule has 1 amide bonds. The van der Waals surface area contributed by atoms with Crippen molar-refractivity contribution in [3.8, 4) is 5.75 Å². The fourth-order valence-electron chi connectivity index (χ4n) is 3.12. The predicted molar refractivity (Wildman–Crippen MR) is 110 cm³/mol. The molecule has 0 unspecified atom stereocenters. The van der Waals surface area contributed by atoms with E-state index in [9.17, 15) is 14.3 Å². The lowest BCUT2D eigenvalue weighted by Gasteiger charge is -2.39. The summed E-state index contributed by atoms with van der Waals surface area (Å²) in [5.41, 5.74) is 1.61.